The van der Waals surface area contributed by atoms with Crippen molar-refractivity contribution in [3.63, 3.8) is 0 Å². The maximum absolute atomic E-state index is 10.4. The Morgan fingerprint density at radius 2 is 2.06 bits per heavy atom. The summed E-state index contributed by atoms with van der Waals surface area (Å²) in [5, 5.41) is 0. The van der Waals surface area contributed by atoms with Gasteiger partial charge in [0.25, 0.3) is 0 Å². The van der Waals surface area contributed by atoms with Crippen LogP contribution in [-0.2, 0) is 21.5 Å². The first kappa shape index (κ1) is 12.0. The molecule has 17 heavy (non-hydrogen) atoms. The fourth-order valence-electron chi connectivity index (χ4n) is 2.07. The van der Waals surface area contributed by atoms with Gasteiger partial charge in [0.05, 0.1) is 5.54 Å². The summed E-state index contributed by atoms with van der Waals surface area (Å²) in [6.07, 6.45) is 5.67. The van der Waals surface area contributed by atoms with Crippen LogP contribution in [-0.4, -0.2) is 19.8 Å². The Kier molecular flexibility index (Phi) is 3.72. The Morgan fingerprint density at radius 1 is 1.35 bits per heavy atom. The van der Waals surface area contributed by atoms with E-state index in [2.05, 4.69) is 29.3 Å². The third-order valence-electron chi connectivity index (χ3n) is 3.29. The van der Waals surface area contributed by atoms with Crippen molar-refractivity contribution in [3.8, 4) is 0 Å². The highest BCUT2D eigenvalue weighted by atomic mass is 16.5. The monoisotopic (exact) mass is 231 g/mol. The normalized spacial score (nSPS) is 16.3. The van der Waals surface area contributed by atoms with Crippen molar-refractivity contribution in [1.29, 1.82) is 0 Å². The largest absolute Gasteiger partial charge is 0.385 e. The van der Waals surface area contributed by atoms with Crippen molar-refractivity contribution in [1.82, 2.24) is 0 Å². The highest BCUT2D eigenvalue weighted by molar-refractivity contribution is 5.41. The van der Waals surface area contributed by atoms with Crippen LogP contribution in [0.5, 0.6) is 0 Å². The maximum atomic E-state index is 10.4. The van der Waals surface area contributed by atoms with Gasteiger partial charge in [-0.1, -0.05) is 24.3 Å². The van der Waals surface area contributed by atoms with E-state index in [-0.39, 0.29) is 5.54 Å². The van der Waals surface area contributed by atoms with Crippen LogP contribution in [0.3, 0.4) is 0 Å². The third-order valence-corrected chi connectivity index (χ3v) is 3.29. The maximum Gasteiger partial charge on any atom is 0.235 e. The predicted octanol–water partition coefficient (Wildman–Crippen LogP) is 2.59. The summed E-state index contributed by atoms with van der Waals surface area (Å²) in [4.78, 5) is 14.3. The molecule has 1 saturated carbocycles. The van der Waals surface area contributed by atoms with E-state index >= 15 is 0 Å². The average molecular weight is 231 g/mol. The molecule has 0 bridgehead atoms. The van der Waals surface area contributed by atoms with Gasteiger partial charge in [-0.25, -0.2) is 4.79 Å². The second kappa shape index (κ2) is 5.26. The first-order valence-electron chi connectivity index (χ1n) is 5.98. The molecule has 0 aromatic heterocycles. The van der Waals surface area contributed by atoms with E-state index < -0.39 is 0 Å². The van der Waals surface area contributed by atoms with Crippen molar-refractivity contribution >= 4 is 6.08 Å². The number of hydrogen-bond donors (Lipinski definition) is 0. The van der Waals surface area contributed by atoms with Gasteiger partial charge >= 0.3 is 0 Å². The smallest absolute Gasteiger partial charge is 0.235 e. The molecule has 90 valence electrons. The Balaban J connectivity index is 2.01. The van der Waals surface area contributed by atoms with Gasteiger partial charge in [0.15, 0.2) is 0 Å². The number of hydrogen-bond acceptors (Lipinski definition) is 3. The topological polar surface area (TPSA) is 38.7 Å². The lowest BCUT2D eigenvalue weighted by atomic mass is 10.0. The van der Waals surface area contributed by atoms with Crippen LogP contribution in [0, 0.1) is 0 Å². The molecule has 0 N–H and O–H groups in total. The second-order valence-electron chi connectivity index (χ2n) is 4.53. The molecule has 2 rings (SSSR count). The number of benzene rings is 1. The summed E-state index contributed by atoms with van der Waals surface area (Å²) in [6, 6.07) is 8.39. The van der Waals surface area contributed by atoms with E-state index in [1.165, 1.54) is 5.56 Å². The van der Waals surface area contributed by atoms with E-state index in [0.29, 0.717) is 0 Å². The predicted molar refractivity (Wildman–Crippen MR) is 65.7 cm³/mol. The number of rotatable bonds is 6. The van der Waals surface area contributed by atoms with Crippen LogP contribution in [0.1, 0.15) is 30.4 Å². The van der Waals surface area contributed by atoms with Crippen molar-refractivity contribution in [3.05, 3.63) is 35.4 Å². The number of carbonyl (C=O) groups excluding carboxylic acids is 1. The first-order valence-corrected chi connectivity index (χ1v) is 5.98. The number of methoxy groups -OCH3 is 1. The molecule has 0 aliphatic heterocycles. The lowest BCUT2D eigenvalue weighted by molar-refractivity contribution is 0.195. The summed E-state index contributed by atoms with van der Waals surface area (Å²) in [5.41, 5.74) is 2.19. The molecule has 0 unspecified atom stereocenters. The minimum Gasteiger partial charge on any atom is -0.385 e. The van der Waals surface area contributed by atoms with Crippen LogP contribution in [0.25, 0.3) is 0 Å². The van der Waals surface area contributed by atoms with E-state index in [9.17, 15) is 4.79 Å². The zero-order valence-corrected chi connectivity index (χ0v) is 10.1. The van der Waals surface area contributed by atoms with Gasteiger partial charge in [0, 0.05) is 13.7 Å². The Hall–Kier alpha value is -1.44. The van der Waals surface area contributed by atoms with Crippen molar-refractivity contribution in [2.24, 2.45) is 4.99 Å². The summed E-state index contributed by atoms with van der Waals surface area (Å²) >= 11 is 0. The van der Waals surface area contributed by atoms with Crippen LogP contribution in [0.15, 0.2) is 29.3 Å². The molecule has 0 radical (unpaired) electrons. The first-order chi connectivity index (χ1) is 8.30. The zero-order chi connectivity index (χ0) is 12.1. The van der Waals surface area contributed by atoms with Crippen molar-refractivity contribution in [2.75, 3.05) is 13.7 Å². The van der Waals surface area contributed by atoms with Gasteiger partial charge in [0.1, 0.15) is 0 Å². The highest BCUT2D eigenvalue weighted by Gasteiger charge is 2.44. The molecule has 0 atom stereocenters. The summed E-state index contributed by atoms with van der Waals surface area (Å²) in [7, 11) is 1.72. The number of aliphatic imine (C=N–C) groups is 1. The number of nitrogens with zero attached hydrogens (tertiary/aromatic N) is 1. The van der Waals surface area contributed by atoms with Gasteiger partial charge in [-0.05, 0) is 36.8 Å². The summed E-state index contributed by atoms with van der Waals surface area (Å²) < 4.78 is 5.03. The van der Waals surface area contributed by atoms with Gasteiger partial charge in [-0.2, -0.15) is 4.99 Å². The molecule has 0 spiro atoms. The second-order valence-corrected chi connectivity index (χ2v) is 4.53. The molecule has 1 fully saturated rings. The summed E-state index contributed by atoms with van der Waals surface area (Å²) in [6.45, 7) is 0.793. The average Bonchev–Trinajstić information content (AvgIpc) is 3.12. The van der Waals surface area contributed by atoms with Crippen LogP contribution in [0.2, 0.25) is 0 Å². The Morgan fingerprint density at radius 3 is 2.59 bits per heavy atom. The number of ether oxygens (including phenoxy) is 1. The fraction of sp³-hybridized carbons (Fsp3) is 0.500. The molecule has 0 saturated heterocycles. The molecule has 3 heteroatoms. The van der Waals surface area contributed by atoms with Gasteiger partial charge in [-0.15, -0.1) is 0 Å². The quantitative estimate of drug-likeness (QED) is 0.429. The Bertz CT molecular complexity index is 414. The van der Waals surface area contributed by atoms with Crippen LogP contribution in [0.4, 0.5) is 0 Å². The van der Waals surface area contributed by atoms with Gasteiger partial charge < -0.3 is 4.74 Å². The minimum absolute atomic E-state index is 0.243. The van der Waals surface area contributed by atoms with Crippen LogP contribution >= 0.6 is 0 Å². The van der Waals surface area contributed by atoms with Crippen molar-refractivity contribution < 1.29 is 9.53 Å². The number of aryl methyl sites for hydroxylation is 1. The lowest BCUT2D eigenvalue weighted by Crippen LogP contribution is -2.02. The van der Waals surface area contributed by atoms with E-state index in [0.717, 1.165) is 37.9 Å². The molecular formula is C14H17NO2. The fourth-order valence-corrected chi connectivity index (χ4v) is 2.07. The SMILES string of the molecule is COCCCc1ccc(C2(N=C=O)CC2)cc1. The van der Waals surface area contributed by atoms with Crippen LogP contribution < -0.4 is 0 Å². The molecular weight excluding hydrogens is 214 g/mol. The third kappa shape index (κ3) is 2.82. The van der Waals surface area contributed by atoms with Crippen molar-refractivity contribution in [2.45, 2.75) is 31.2 Å². The molecule has 3 nitrogen and oxygen atoms in total. The Labute approximate surface area is 102 Å². The molecule has 0 heterocycles. The molecule has 1 aliphatic carbocycles. The molecule has 1 aromatic carbocycles. The number of isocyanates is 1. The summed E-state index contributed by atoms with van der Waals surface area (Å²) in [5.74, 6) is 0. The zero-order valence-electron chi connectivity index (χ0n) is 10.1. The van der Waals surface area contributed by atoms with E-state index in [1.807, 2.05) is 0 Å². The lowest BCUT2D eigenvalue weighted by Gasteiger charge is -2.09. The standard InChI is InChI=1S/C14H17NO2/c1-17-10-2-3-12-4-6-13(7-5-12)14(8-9-14)15-11-16/h4-7H,2-3,8-10H2,1H3. The molecule has 1 aliphatic rings. The molecule has 1 aromatic rings. The van der Waals surface area contributed by atoms with Gasteiger partial charge in [-0.3, -0.25) is 0 Å². The van der Waals surface area contributed by atoms with E-state index in [4.69, 9.17) is 4.74 Å². The minimum atomic E-state index is -0.243. The molecule has 0 amide bonds. The van der Waals surface area contributed by atoms with Gasteiger partial charge in [0.2, 0.25) is 6.08 Å². The van der Waals surface area contributed by atoms with E-state index in [1.54, 1.807) is 13.2 Å². The highest BCUT2D eigenvalue weighted by Crippen LogP contribution is 2.49.